The summed E-state index contributed by atoms with van der Waals surface area (Å²) in [5, 5.41) is 9.52. The van der Waals surface area contributed by atoms with Gasteiger partial charge >= 0.3 is 0 Å². The van der Waals surface area contributed by atoms with Gasteiger partial charge in [-0.2, -0.15) is 5.26 Å². The number of amidine groups is 1. The quantitative estimate of drug-likeness (QED) is 0.101. The summed E-state index contributed by atoms with van der Waals surface area (Å²) in [6, 6.07) is 82.6. The molecule has 9 aromatic carbocycles. The van der Waals surface area contributed by atoms with Gasteiger partial charge in [0.25, 0.3) is 0 Å². The van der Waals surface area contributed by atoms with Gasteiger partial charge in [-0.25, -0.2) is 19.9 Å². The fourth-order valence-corrected chi connectivity index (χ4v) is 8.25. The van der Waals surface area contributed by atoms with Crippen LogP contribution in [0.3, 0.4) is 0 Å². The highest BCUT2D eigenvalue weighted by molar-refractivity contribution is 6.22. The molecule has 0 N–H and O–H groups in total. The molecule has 67 heavy (non-hydrogen) atoms. The summed E-state index contributed by atoms with van der Waals surface area (Å²) in [4.78, 5) is 25.3. The highest BCUT2D eigenvalue weighted by Gasteiger charge is 2.19. The third kappa shape index (κ3) is 9.26. The second kappa shape index (κ2) is 19.3. The van der Waals surface area contributed by atoms with Gasteiger partial charge < -0.3 is 0 Å². The molecule has 1 aromatic heterocycles. The van der Waals surface area contributed by atoms with Crippen molar-refractivity contribution in [2.45, 2.75) is 0 Å². The molecular weight excluding hydrogens is 817 g/mol. The molecule has 0 saturated carbocycles. The molecule has 0 bridgehead atoms. The number of rotatable bonds is 10. The van der Waals surface area contributed by atoms with Gasteiger partial charge in [-0.15, -0.1) is 0 Å². The van der Waals surface area contributed by atoms with Gasteiger partial charge in [-0.05, 0) is 74.8 Å². The van der Waals surface area contributed by atoms with Crippen LogP contribution in [0, 0.1) is 11.3 Å². The molecule has 0 aliphatic heterocycles. The fourth-order valence-electron chi connectivity index (χ4n) is 8.25. The molecule has 1 heterocycles. The van der Waals surface area contributed by atoms with Crippen molar-refractivity contribution in [3.8, 4) is 84.7 Å². The minimum Gasteiger partial charge on any atom is -0.270 e. The average Bonchev–Trinajstić information content (AvgIpc) is 3.42. The van der Waals surface area contributed by atoms with Crippen LogP contribution in [0.2, 0.25) is 0 Å². The smallest absolute Gasteiger partial charge is 0.164 e. The number of hydrogen-bond acceptors (Lipinski definition) is 5. The van der Waals surface area contributed by atoms with Crippen molar-refractivity contribution < 1.29 is 0 Å². The summed E-state index contributed by atoms with van der Waals surface area (Å²) >= 11 is 0. The van der Waals surface area contributed by atoms with Crippen molar-refractivity contribution in [2.24, 2.45) is 9.98 Å². The zero-order chi connectivity index (χ0) is 45.4. The minimum atomic E-state index is 0.566. The third-order valence-electron chi connectivity index (χ3n) is 11.7. The standard InChI is InChI=1S/C61H42N6/c1-63-58(46-22-10-4-11-23-46)64-57(45-20-8-3-9-21-45)55-36-35-53(43-18-6-2-7-19-43)40-56(55)44-31-33-48(34-32-44)60-65-59(47-24-12-5-13-25-47)66-61(67-60)54-30-16-29-52(39-54)51-28-15-27-50(38-51)49-26-14-17-42(37-49)41-62/h2-40H,1H3/b63-58-,64-57+. The number of aromatic nitrogens is 3. The molecule has 0 atom stereocenters. The van der Waals surface area contributed by atoms with Crippen LogP contribution in [0.25, 0.3) is 78.7 Å². The molecule has 0 spiro atoms. The van der Waals surface area contributed by atoms with E-state index in [1.807, 2.05) is 127 Å². The van der Waals surface area contributed by atoms with Crippen LogP contribution in [-0.2, 0) is 0 Å². The third-order valence-corrected chi connectivity index (χ3v) is 11.7. The molecule has 0 aliphatic carbocycles. The van der Waals surface area contributed by atoms with E-state index in [4.69, 9.17) is 19.9 Å². The molecule has 0 saturated heterocycles. The van der Waals surface area contributed by atoms with Gasteiger partial charge in [-0.1, -0.05) is 206 Å². The van der Waals surface area contributed by atoms with E-state index in [9.17, 15) is 5.26 Å². The van der Waals surface area contributed by atoms with Crippen molar-refractivity contribution in [1.82, 2.24) is 15.0 Å². The SMILES string of the molecule is C/N=C(\N=C(/c1ccccc1)c1ccc(-c2ccccc2)cc1-c1ccc(-c2nc(-c3ccccc3)nc(-c3cccc(-c4cccc(-c5cccc(C#N)c5)c4)c3)n2)cc1)c1ccccc1. The van der Waals surface area contributed by atoms with E-state index < -0.39 is 0 Å². The van der Waals surface area contributed by atoms with Crippen molar-refractivity contribution >= 4 is 11.5 Å². The van der Waals surface area contributed by atoms with Crippen LogP contribution in [0.4, 0.5) is 0 Å². The summed E-state index contributed by atoms with van der Waals surface area (Å²) in [5.41, 5.74) is 15.3. The summed E-state index contributed by atoms with van der Waals surface area (Å²) in [7, 11) is 1.79. The molecular formula is C61H42N6. The van der Waals surface area contributed by atoms with E-state index in [2.05, 4.69) is 120 Å². The lowest BCUT2D eigenvalue weighted by Crippen LogP contribution is -2.10. The lowest BCUT2D eigenvalue weighted by atomic mass is 9.89. The van der Waals surface area contributed by atoms with Crippen LogP contribution < -0.4 is 0 Å². The Labute approximate surface area is 390 Å². The van der Waals surface area contributed by atoms with Gasteiger partial charge in [0.15, 0.2) is 23.3 Å². The maximum absolute atomic E-state index is 9.52. The number of aliphatic imine (C=N–C) groups is 2. The Morgan fingerprint density at radius 1 is 0.373 bits per heavy atom. The van der Waals surface area contributed by atoms with Gasteiger partial charge in [0.2, 0.25) is 0 Å². The number of hydrogen-bond donors (Lipinski definition) is 0. The monoisotopic (exact) mass is 858 g/mol. The first-order valence-corrected chi connectivity index (χ1v) is 22.1. The molecule has 0 amide bonds. The molecule has 0 aliphatic rings. The summed E-state index contributed by atoms with van der Waals surface area (Å²) in [6.07, 6.45) is 0. The Kier molecular flexibility index (Phi) is 12.0. The van der Waals surface area contributed by atoms with Crippen LogP contribution in [-0.4, -0.2) is 33.5 Å². The second-order valence-electron chi connectivity index (χ2n) is 16.0. The topological polar surface area (TPSA) is 87.2 Å². The van der Waals surface area contributed by atoms with Crippen LogP contribution in [0.15, 0.2) is 247 Å². The van der Waals surface area contributed by atoms with Gasteiger partial charge in [0.05, 0.1) is 17.3 Å². The van der Waals surface area contributed by atoms with E-state index in [0.717, 1.165) is 83.6 Å². The summed E-state index contributed by atoms with van der Waals surface area (Å²) in [5.74, 6) is 2.37. The highest BCUT2D eigenvalue weighted by atomic mass is 15.0. The van der Waals surface area contributed by atoms with Gasteiger partial charge in [-0.3, -0.25) is 4.99 Å². The average molecular weight is 859 g/mol. The Balaban J connectivity index is 1.07. The lowest BCUT2D eigenvalue weighted by Gasteiger charge is -2.16. The highest BCUT2D eigenvalue weighted by Crippen LogP contribution is 2.35. The predicted octanol–water partition coefficient (Wildman–Crippen LogP) is 14.3. The minimum absolute atomic E-state index is 0.566. The molecule has 0 unspecified atom stereocenters. The Morgan fingerprint density at radius 3 is 1.37 bits per heavy atom. The Bertz CT molecular complexity index is 3450. The van der Waals surface area contributed by atoms with E-state index in [1.54, 1.807) is 7.05 Å². The van der Waals surface area contributed by atoms with E-state index in [0.29, 0.717) is 28.9 Å². The lowest BCUT2D eigenvalue weighted by molar-refractivity contribution is 1.07. The maximum atomic E-state index is 9.52. The first kappa shape index (κ1) is 41.8. The van der Waals surface area contributed by atoms with Gasteiger partial charge in [0, 0.05) is 40.4 Å². The Hall–Kier alpha value is -9.18. The predicted molar refractivity (Wildman–Crippen MR) is 274 cm³/mol. The van der Waals surface area contributed by atoms with Crippen molar-refractivity contribution in [3.05, 3.63) is 259 Å². The van der Waals surface area contributed by atoms with Crippen molar-refractivity contribution in [1.29, 1.82) is 5.26 Å². The molecule has 6 nitrogen and oxygen atoms in total. The van der Waals surface area contributed by atoms with Crippen molar-refractivity contribution in [3.63, 3.8) is 0 Å². The molecule has 10 rings (SSSR count). The second-order valence-corrected chi connectivity index (χ2v) is 16.0. The molecule has 0 fully saturated rings. The normalized spacial score (nSPS) is 11.5. The molecule has 10 aromatic rings. The summed E-state index contributed by atoms with van der Waals surface area (Å²) in [6.45, 7) is 0. The largest absolute Gasteiger partial charge is 0.270 e. The van der Waals surface area contributed by atoms with Gasteiger partial charge in [0.1, 0.15) is 0 Å². The Morgan fingerprint density at radius 2 is 0.791 bits per heavy atom. The van der Waals surface area contributed by atoms with E-state index in [-0.39, 0.29) is 0 Å². The molecule has 6 heteroatoms. The van der Waals surface area contributed by atoms with E-state index >= 15 is 0 Å². The van der Waals surface area contributed by atoms with Crippen molar-refractivity contribution in [2.75, 3.05) is 7.05 Å². The zero-order valence-corrected chi connectivity index (χ0v) is 36.7. The van der Waals surface area contributed by atoms with E-state index in [1.165, 1.54) is 0 Å². The number of nitriles is 1. The maximum Gasteiger partial charge on any atom is 0.164 e. The zero-order valence-electron chi connectivity index (χ0n) is 36.7. The first-order chi connectivity index (χ1) is 33.1. The van der Waals surface area contributed by atoms with Crippen LogP contribution >= 0.6 is 0 Å². The fraction of sp³-hybridized carbons (Fsp3) is 0.0164. The molecule has 0 radical (unpaired) electrons. The first-order valence-electron chi connectivity index (χ1n) is 22.1. The number of nitrogens with zero attached hydrogens (tertiary/aromatic N) is 6. The molecule has 316 valence electrons. The number of benzene rings is 9. The summed E-state index contributed by atoms with van der Waals surface area (Å²) < 4.78 is 0. The van der Waals surface area contributed by atoms with Crippen LogP contribution in [0.1, 0.15) is 22.3 Å². The van der Waals surface area contributed by atoms with Crippen LogP contribution in [0.5, 0.6) is 0 Å².